The number of anilines is 1. The van der Waals surface area contributed by atoms with Crippen LogP contribution < -0.4 is 5.73 Å². The van der Waals surface area contributed by atoms with Crippen molar-refractivity contribution in [3.8, 4) is 0 Å². The first-order valence-corrected chi connectivity index (χ1v) is 6.58. The lowest BCUT2D eigenvalue weighted by Crippen LogP contribution is -2.10. The molecule has 0 aliphatic carbocycles. The van der Waals surface area contributed by atoms with Crippen LogP contribution in [0.1, 0.15) is 11.8 Å². The fraction of sp³-hybridized carbons (Fsp3) is 0.571. The van der Waals surface area contributed by atoms with Gasteiger partial charge in [0, 0.05) is 16.8 Å². The lowest BCUT2D eigenvalue weighted by molar-refractivity contribution is 0.596. The molecule has 1 heterocycles. The summed E-state index contributed by atoms with van der Waals surface area (Å²) in [5.74, 6) is 0.381. The summed E-state index contributed by atoms with van der Waals surface area (Å²) >= 11 is 1.34. The molecular formula is C7H12N2O2S2. The Morgan fingerprint density at radius 3 is 2.77 bits per heavy atom. The third-order valence-corrected chi connectivity index (χ3v) is 4.26. The number of nitrogen functional groups attached to an aromatic ring is 1. The molecule has 0 atom stereocenters. The smallest absolute Gasteiger partial charge is 0.180 e. The third kappa shape index (κ3) is 3.31. The third-order valence-electron chi connectivity index (χ3n) is 1.67. The van der Waals surface area contributed by atoms with Crippen molar-refractivity contribution in [2.24, 2.45) is 0 Å². The van der Waals surface area contributed by atoms with Crippen molar-refractivity contribution in [3.63, 3.8) is 0 Å². The Balaban J connectivity index is 2.53. The van der Waals surface area contributed by atoms with E-state index < -0.39 is 9.84 Å². The van der Waals surface area contributed by atoms with Gasteiger partial charge in [0.25, 0.3) is 0 Å². The van der Waals surface area contributed by atoms with Gasteiger partial charge in [0.05, 0.1) is 5.75 Å². The van der Waals surface area contributed by atoms with E-state index in [2.05, 4.69) is 4.98 Å². The van der Waals surface area contributed by atoms with Crippen LogP contribution in [0.2, 0.25) is 0 Å². The van der Waals surface area contributed by atoms with Crippen molar-refractivity contribution < 1.29 is 8.42 Å². The molecule has 0 saturated heterocycles. The van der Waals surface area contributed by atoms with E-state index >= 15 is 0 Å². The molecule has 0 aromatic carbocycles. The van der Waals surface area contributed by atoms with Crippen LogP contribution in [0.25, 0.3) is 0 Å². The zero-order chi connectivity index (χ0) is 9.90. The number of hydrogen-bond acceptors (Lipinski definition) is 5. The molecule has 6 heteroatoms. The zero-order valence-corrected chi connectivity index (χ0v) is 8.99. The van der Waals surface area contributed by atoms with Crippen LogP contribution in [0.4, 0.5) is 5.13 Å². The second-order valence-corrected chi connectivity index (χ2v) is 6.27. The molecule has 4 nitrogen and oxygen atoms in total. The molecule has 1 aromatic rings. The predicted molar refractivity (Wildman–Crippen MR) is 54.6 cm³/mol. The van der Waals surface area contributed by atoms with Gasteiger partial charge in [-0.3, -0.25) is 0 Å². The molecule has 13 heavy (non-hydrogen) atoms. The Kier molecular flexibility index (Phi) is 3.27. The summed E-state index contributed by atoms with van der Waals surface area (Å²) in [4.78, 5) is 4.77. The van der Waals surface area contributed by atoms with Gasteiger partial charge in [-0.2, -0.15) is 0 Å². The van der Waals surface area contributed by atoms with Gasteiger partial charge in [0.15, 0.2) is 5.13 Å². The molecule has 74 valence electrons. The molecule has 0 amide bonds. The Bertz CT molecular complexity index is 370. The van der Waals surface area contributed by atoms with Crippen LogP contribution in [0, 0.1) is 0 Å². The van der Waals surface area contributed by atoms with Crippen molar-refractivity contribution >= 4 is 26.3 Å². The van der Waals surface area contributed by atoms with E-state index in [1.54, 1.807) is 13.1 Å². The quantitative estimate of drug-likeness (QED) is 0.810. The second-order valence-electron chi connectivity index (χ2n) is 2.65. The largest absolute Gasteiger partial charge is 0.375 e. The van der Waals surface area contributed by atoms with Crippen LogP contribution in [0.5, 0.6) is 0 Å². The summed E-state index contributed by atoms with van der Waals surface area (Å²) in [6, 6.07) is 0. The number of thiazole rings is 1. The number of nitrogens with two attached hydrogens (primary N) is 1. The van der Waals surface area contributed by atoms with Crippen molar-refractivity contribution in [1.29, 1.82) is 0 Å². The van der Waals surface area contributed by atoms with Gasteiger partial charge in [0.1, 0.15) is 9.84 Å². The molecule has 0 unspecified atom stereocenters. The summed E-state index contributed by atoms with van der Waals surface area (Å²) in [5, 5.41) is 0.490. The highest BCUT2D eigenvalue weighted by Gasteiger charge is 2.08. The Hall–Kier alpha value is -0.620. The average molecular weight is 220 g/mol. The maximum absolute atomic E-state index is 11.1. The fourth-order valence-electron chi connectivity index (χ4n) is 0.839. The van der Waals surface area contributed by atoms with E-state index in [1.165, 1.54) is 11.3 Å². The molecule has 0 fully saturated rings. The summed E-state index contributed by atoms with van der Waals surface area (Å²) < 4.78 is 22.3. The van der Waals surface area contributed by atoms with Crippen molar-refractivity contribution in [1.82, 2.24) is 4.98 Å². The fourth-order valence-corrected chi connectivity index (χ4v) is 2.47. The highest BCUT2D eigenvalue weighted by Crippen LogP contribution is 2.15. The minimum absolute atomic E-state index is 0.186. The number of aryl methyl sites for hydroxylation is 1. The number of hydrogen-bond donors (Lipinski definition) is 1. The predicted octanol–water partition coefficient (Wildman–Crippen LogP) is 0.703. The average Bonchev–Trinajstić information content (AvgIpc) is 2.48. The monoisotopic (exact) mass is 220 g/mol. The standard InChI is InChI=1S/C7H12N2O2S2/c1-2-13(10,11)4-3-6-5-9-7(8)12-6/h5H,2-4H2,1H3,(H2,8,9). The van der Waals surface area contributed by atoms with Crippen molar-refractivity contribution in [3.05, 3.63) is 11.1 Å². The Morgan fingerprint density at radius 1 is 1.62 bits per heavy atom. The molecule has 0 aliphatic heterocycles. The minimum atomic E-state index is -2.87. The number of nitrogens with zero attached hydrogens (tertiary/aromatic N) is 1. The summed E-state index contributed by atoms with van der Waals surface area (Å²) in [7, 11) is -2.87. The van der Waals surface area contributed by atoms with Crippen LogP contribution >= 0.6 is 11.3 Å². The zero-order valence-electron chi connectivity index (χ0n) is 7.36. The van der Waals surface area contributed by atoms with Crippen molar-refractivity contribution in [2.45, 2.75) is 13.3 Å². The lowest BCUT2D eigenvalue weighted by atomic mass is 10.4. The number of aromatic nitrogens is 1. The van der Waals surface area contributed by atoms with Gasteiger partial charge in [-0.15, -0.1) is 11.3 Å². The molecule has 0 aliphatic rings. The van der Waals surface area contributed by atoms with Gasteiger partial charge >= 0.3 is 0 Å². The van der Waals surface area contributed by atoms with E-state index in [0.29, 0.717) is 11.6 Å². The lowest BCUT2D eigenvalue weighted by Gasteiger charge is -1.97. The number of rotatable bonds is 4. The first kappa shape index (κ1) is 10.5. The Labute approximate surface area is 81.7 Å². The molecule has 1 rings (SSSR count). The molecule has 0 saturated carbocycles. The topological polar surface area (TPSA) is 73.0 Å². The molecule has 1 aromatic heterocycles. The first-order chi connectivity index (χ1) is 6.03. The molecule has 0 bridgehead atoms. The number of sulfone groups is 1. The Morgan fingerprint density at radius 2 is 2.31 bits per heavy atom. The van der Waals surface area contributed by atoms with E-state index in [9.17, 15) is 8.42 Å². The van der Waals surface area contributed by atoms with Crippen LogP contribution in [0.3, 0.4) is 0 Å². The van der Waals surface area contributed by atoms with Gasteiger partial charge < -0.3 is 5.73 Å². The van der Waals surface area contributed by atoms with Gasteiger partial charge in [0.2, 0.25) is 0 Å². The molecular weight excluding hydrogens is 208 g/mol. The molecule has 0 radical (unpaired) electrons. The minimum Gasteiger partial charge on any atom is -0.375 e. The van der Waals surface area contributed by atoms with E-state index in [4.69, 9.17) is 5.73 Å². The normalized spacial score (nSPS) is 11.8. The van der Waals surface area contributed by atoms with E-state index in [-0.39, 0.29) is 11.5 Å². The van der Waals surface area contributed by atoms with Gasteiger partial charge in [-0.1, -0.05) is 6.92 Å². The summed E-state index contributed by atoms with van der Waals surface area (Å²) in [6.45, 7) is 1.65. The molecule has 2 N–H and O–H groups in total. The van der Waals surface area contributed by atoms with Crippen LogP contribution in [-0.2, 0) is 16.3 Å². The van der Waals surface area contributed by atoms with Gasteiger partial charge in [-0.05, 0) is 6.42 Å². The van der Waals surface area contributed by atoms with Gasteiger partial charge in [-0.25, -0.2) is 13.4 Å². The van der Waals surface area contributed by atoms with E-state index in [0.717, 1.165) is 4.88 Å². The van der Waals surface area contributed by atoms with Crippen LogP contribution in [0.15, 0.2) is 6.20 Å². The summed E-state index contributed by atoms with van der Waals surface area (Å²) in [6.07, 6.45) is 2.15. The SMILES string of the molecule is CCS(=O)(=O)CCc1cnc(N)s1. The van der Waals surface area contributed by atoms with Crippen LogP contribution in [-0.4, -0.2) is 24.9 Å². The maximum Gasteiger partial charge on any atom is 0.180 e. The highest BCUT2D eigenvalue weighted by molar-refractivity contribution is 7.91. The molecule has 0 spiro atoms. The summed E-state index contributed by atoms with van der Waals surface area (Å²) in [5.41, 5.74) is 5.41. The first-order valence-electron chi connectivity index (χ1n) is 3.94. The van der Waals surface area contributed by atoms with E-state index in [1.807, 2.05) is 0 Å². The highest BCUT2D eigenvalue weighted by atomic mass is 32.2. The maximum atomic E-state index is 11.1. The second kappa shape index (κ2) is 4.06. The van der Waals surface area contributed by atoms with Crippen molar-refractivity contribution in [2.75, 3.05) is 17.2 Å².